The summed E-state index contributed by atoms with van der Waals surface area (Å²) >= 11 is 0. The lowest BCUT2D eigenvalue weighted by atomic mass is 10.2. The smallest absolute Gasteiger partial charge is 0.121 e. The lowest BCUT2D eigenvalue weighted by Crippen LogP contribution is -1.92. The molecule has 0 bridgehead atoms. The number of rotatable bonds is 2. The summed E-state index contributed by atoms with van der Waals surface area (Å²) in [4.78, 5) is 0. The normalized spacial score (nSPS) is 10.4. The second-order valence-electron chi connectivity index (χ2n) is 3.06. The zero-order chi connectivity index (χ0) is 9.97. The Hall–Kier alpha value is -1.74. The second kappa shape index (κ2) is 3.55. The molecule has 0 spiro atoms. The minimum atomic E-state index is -0.152. The van der Waals surface area contributed by atoms with E-state index in [1.165, 1.54) is 0 Å². The van der Waals surface area contributed by atoms with Gasteiger partial charge in [-0.15, -0.1) is 0 Å². The molecule has 2 rings (SSSR count). The van der Waals surface area contributed by atoms with Crippen molar-refractivity contribution in [1.82, 2.24) is 4.57 Å². The predicted octanol–water partition coefficient (Wildman–Crippen LogP) is 1.68. The molecular formula is C11H11NO2. The number of phenols is 1. The van der Waals surface area contributed by atoms with Crippen LogP contribution in [0.25, 0.3) is 5.69 Å². The fraction of sp³-hybridized carbons (Fsp3) is 0.0909. The first-order valence-corrected chi connectivity index (χ1v) is 4.37. The molecule has 0 fully saturated rings. The molecule has 0 amide bonds. The average Bonchev–Trinajstić information content (AvgIpc) is 2.71. The predicted molar refractivity (Wildman–Crippen MR) is 53.4 cm³/mol. The van der Waals surface area contributed by atoms with Gasteiger partial charge >= 0.3 is 0 Å². The monoisotopic (exact) mass is 189 g/mol. The molecule has 0 saturated carbocycles. The van der Waals surface area contributed by atoms with E-state index in [1.807, 2.05) is 29.1 Å². The standard InChI is InChI=1S/C11H11NO2/c13-8-9-7-10(3-4-11(9)14)12-5-1-2-6-12/h1-7,13-14H,8H2. The van der Waals surface area contributed by atoms with E-state index >= 15 is 0 Å². The van der Waals surface area contributed by atoms with Gasteiger partial charge < -0.3 is 14.8 Å². The Morgan fingerprint density at radius 1 is 1.14 bits per heavy atom. The van der Waals surface area contributed by atoms with Crippen LogP contribution in [0.1, 0.15) is 5.56 Å². The van der Waals surface area contributed by atoms with Crippen LogP contribution < -0.4 is 0 Å². The summed E-state index contributed by atoms with van der Waals surface area (Å²) in [5.74, 6) is 0.128. The van der Waals surface area contributed by atoms with Crippen LogP contribution >= 0.6 is 0 Å². The van der Waals surface area contributed by atoms with Crippen molar-refractivity contribution >= 4 is 0 Å². The van der Waals surface area contributed by atoms with E-state index in [-0.39, 0.29) is 12.4 Å². The van der Waals surface area contributed by atoms with Crippen molar-refractivity contribution in [2.75, 3.05) is 0 Å². The van der Waals surface area contributed by atoms with Gasteiger partial charge in [0, 0.05) is 23.6 Å². The highest BCUT2D eigenvalue weighted by Crippen LogP contribution is 2.20. The highest BCUT2D eigenvalue weighted by molar-refractivity contribution is 5.43. The van der Waals surface area contributed by atoms with E-state index in [1.54, 1.807) is 18.2 Å². The Balaban J connectivity index is 2.46. The molecule has 0 radical (unpaired) electrons. The first-order chi connectivity index (χ1) is 6.81. The van der Waals surface area contributed by atoms with Gasteiger partial charge in [-0.3, -0.25) is 0 Å². The quantitative estimate of drug-likeness (QED) is 0.754. The SMILES string of the molecule is OCc1cc(-n2cccc2)ccc1O. The molecule has 1 aromatic heterocycles. The highest BCUT2D eigenvalue weighted by atomic mass is 16.3. The van der Waals surface area contributed by atoms with Crippen molar-refractivity contribution in [2.45, 2.75) is 6.61 Å². The van der Waals surface area contributed by atoms with Crippen LogP contribution in [0.3, 0.4) is 0 Å². The third-order valence-corrected chi connectivity index (χ3v) is 2.14. The van der Waals surface area contributed by atoms with Gasteiger partial charge in [-0.2, -0.15) is 0 Å². The molecule has 0 aliphatic heterocycles. The molecule has 0 atom stereocenters. The van der Waals surface area contributed by atoms with Crippen LogP contribution in [0.2, 0.25) is 0 Å². The summed E-state index contributed by atoms with van der Waals surface area (Å²) in [6.45, 7) is -0.152. The fourth-order valence-corrected chi connectivity index (χ4v) is 1.37. The van der Waals surface area contributed by atoms with Crippen molar-refractivity contribution in [1.29, 1.82) is 0 Å². The average molecular weight is 189 g/mol. The van der Waals surface area contributed by atoms with Crippen LogP contribution in [-0.2, 0) is 6.61 Å². The Kier molecular flexibility index (Phi) is 2.24. The molecule has 3 nitrogen and oxygen atoms in total. The summed E-state index contributed by atoms with van der Waals surface area (Å²) in [7, 11) is 0. The number of aliphatic hydroxyl groups excluding tert-OH is 1. The van der Waals surface area contributed by atoms with Gasteiger partial charge in [0.25, 0.3) is 0 Å². The molecule has 72 valence electrons. The molecular weight excluding hydrogens is 178 g/mol. The third kappa shape index (κ3) is 1.49. The molecule has 0 saturated heterocycles. The number of aromatic nitrogens is 1. The fourth-order valence-electron chi connectivity index (χ4n) is 1.37. The number of hydrogen-bond acceptors (Lipinski definition) is 2. The zero-order valence-corrected chi connectivity index (χ0v) is 7.59. The number of aromatic hydroxyl groups is 1. The molecule has 3 heteroatoms. The summed E-state index contributed by atoms with van der Waals surface area (Å²) in [5.41, 5.74) is 1.47. The first kappa shape index (κ1) is 8.84. The molecule has 0 unspecified atom stereocenters. The van der Waals surface area contributed by atoms with Gasteiger partial charge in [0.1, 0.15) is 5.75 Å². The van der Waals surface area contributed by atoms with E-state index in [0.29, 0.717) is 5.56 Å². The highest BCUT2D eigenvalue weighted by Gasteiger charge is 2.01. The van der Waals surface area contributed by atoms with Crippen LogP contribution in [0.5, 0.6) is 5.75 Å². The van der Waals surface area contributed by atoms with E-state index in [4.69, 9.17) is 5.11 Å². The summed E-state index contributed by atoms with van der Waals surface area (Å²) in [6.07, 6.45) is 3.82. The Labute approximate surface area is 81.9 Å². The minimum absolute atomic E-state index is 0.128. The Bertz CT molecular complexity index is 421. The molecule has 0 aliphatic rings. The van der Waals surface area contributed by atoms with Crippen LogP contribution in [-0.4, -0.2) is 14.8 Å². The third-order valence-electron chi connectivity index (χ3n) is 2.14. The van der Waals surface area contributed by atoms with Gasteiger partial charge in [-0.25, -0.2) is 0 Å². The van der Waals surface area contributed by atoms with Gasteiger partial charge in [-0.1, -0.05) is 0 Å². The number of hydrogen-bond donors (Lipinski definition) is 2. The minimum Gasteiger partial charge on any atom is -0.508 e. The van der Waals surface area contributed by atoms with Crippen molar-refractivity contribution in [3.8, 4) is 11.4 Å². The van der Waals surface area contributed by atoms with Crippen molar-refractivity contribution in [3.05, 3.63) is 48.3 Å². The van der Waals surface area contributed by atoms with Crippen molar-refractivity contribution < 1.29 is 10.2 Å². The van der Waals surface area contributed by atoms with Crippen LogP contribution in [0.15, 0.2) is 42.7 Å². The van der Waals surface area contributed by atoms with Crippen LogP contribution in [0, 0.1) is 0 Å². The van der Waals surface area contributed by atoms with Crippen LogP contribution in [0.4, 0.5) is 0 Å². The summed E-state index contributed by atoms with van der Waals surface area (Å²) in [6, 6.07) is 8.99. The summed E-state index contributed by atoms with van der Waals surface area (Å²) in [5, 5.41) is 18.3. The van der Waals surface area contributed by atoms with E-state index in [2.05, 4.69) is 0 Å². The maximum absolute atomic E-state index is 9.36. The molecule has 1 aromatic carbocycles. The molecule has 14 heavy (non-hydrogen) atoms. The van der Waals surface area contributed by atoms with Gasteiger partial charge in [0.05, 0.1) is 6.61 Å². The van der Waals surface area contributed by atoms with Gasteiger partial charge in [-0.05, 0) is 30.3 Å². The number of benzene rings is 1. The Morgan fingerprint density at radius 3 is 2.50 bits per heavy atom. The van der Waals surface area contributed by atoms with Crippen molar-refractivity contribution in [3.63, 3.8) is 0 Å². The summed E-state index contributed by atoms with van der Waals surface area (Å²) < 4.78 is 1.92. The number of nitrogens with zero attached hydrogens (tertiary/aromatic N) is 1. The lowest BCUT2D eigenvalue weighted by Gasteiger charge is -2.06. The zero-order valence-electron chi connectivity index (χ0n) is 7.59. The maximum atomic E-state index is 9.36. The largest absolute Gasteiger partial charge is 0.508 e. The molecule has 2 N–H and O–H groups in total. The molecule has 0 aliphatic carbocycles. The molecule has 2 aromatic rings. The van der Waals surface area contributed by atoms with E-state index in [0.717, 1.165) is 5.69 Å². The van der Waals surface area contributed by atoms with Gasteiger partial charge in [0.2, 0.25) is 0 Å². The van der Waals surface area contributed by atoms with E-state index < -0.39 is 0 Å². The molecule has 1 heterocycles. The van der Waals surface area contributed by atoms with Gasteiger partial charge in [0.15, 0.2) is 0 Å². The second-order valence-corrected chi connectivity index (χ2v) is 3.06. The first-order valence-electron chi connectivity index (χ1n) is 4.37. The maximum Gasteiger partial charge on any atom is 0.121 e. The Morgan fingerprint density at radius 2 is 1.86 bits per heavy atom. The van der Waals surface area contributed by atoms with Crippen molar-refractivity contribution in [2.24, 2.45) is 0 Å². The van der Waals surface area contributed by atoms with E-state index in [9.17, 15) is 5.11 Å². The number of aliphatic hydroxyl groups is 1. The lowest BCUT2D eigenvalue weighted by molar-refractivity contribution is 0.275. The topological polar surface area (TPSA) is 45.4 Å².